The summed E-state index contributed by atoms with van der Waals surface area (Å²) in [6, 6.07) is 0. The van der Waals surface area contributed by atoms with Crippen LogP contribution in [0.2, 0.25) is 0 Å². The Morgan fingerprint density at radius 2 is 2.00 bits per heavy atom. The highest BCUT2D eigenvalue weighted by Crippen LogP contribution is 2.29. The van der Waals surface area contributed by atoms with Crippen LogP contribution >= 0.6 is 0 Å². The van der Waals surface area contributed by atoms with Crippen LogP contribution in [0.25, 0.3) is 0 Å². The van der Waals surface area contributed by atoms with Crippen LogP contribution in [0, 0.1) is 5.92 Å². The van der Waals surface area contributed by atoms with Gasteiger partial charge in [0.25, 0.3) is 10.2 Å². The van der Waals surface area contributed by atoms with E-state index >= 15 is 0 Å². The molecule has 0 aromatic carbocycles. The molecule has 0 aromatic heterocycles. The molecule has 84 valence electrons. The Balaban J connectivity index is 2.57. The predicted octanol–water partition coefficient (Wildman–Crippen LogP) is -0.457. The minimum absolute atomic E-state index is 0.0792. The van der Waals surface area contributed by atoms with Crippen molar-refractivity contribution in [1.29, 1.82) is 0 Å². The number of nitrogens with zero attached hydrogens (tertiary/aromatic N) is 1. The molecule has 1 saturated heterocycles. The minimum Gasteiger partial charge on any atom is -0.387 e. The van der Waals surface area contributed by atoms with Crippen molar-refractivity contribution in [2.45, 2.75) is 26.4 Å². The summed E-state index contributed by atoms with van der Waals surface area (Å²) in [5, 5.41) is 9.86. The molecule has 5 nitrogen and oxygen atoms in total. The van der Waals surface area contributed by atoms with Gasteiger partial charge in [0.05, 0.1) is 5.60 Å². The topological polar surface area (TPSA) is 69.6 Å². The molecule has 0 unspecified atom stereocenters. The molecule has 1 aliphatic rings. The lowest BCUT2D eigenvalue weighted by Gasteiger charge is -2.47. The first kappa shape index (κ1) is 11.9. The van der Waals surface area contributed by atoms with E-state index in [1.165, 1.54) is 4.31 Å². The molecule has 6 heteroatoms. The third kappa shape index (κ3) is 2.08. The van der Waals surface area contributed by atoms with Crippen molar-refractivity contribution in [3.63, 3.8) is 0 Å². The van der Waals surface area contributed by atoms with Crippen molar-refractivity contribution in [3.8, 4) is 0 Å². The van der Waals surface area contributed by atoms with Crippen LogP contribution in [0.4, 0.5) is 0 Å². The summed E-state index contributed by atoms with van der Waals surface area (Å²) in [4.78, 5) is 0. The number of hydrogen-bond donors (Lipinski definition) is 2. The molecular weight excluding hydrogens is 204 g/mol. The summed E-state index contributed by atoms with van der Waals surface area (Å²) < 4.78 is 26.5. The van der Waals surface area contributed by atoms with Gasteiger partial charge in [0, 0.05) is 19.6 Å². The summed E-state index contributed by atoms with van der Waals surface area (Å²) in [6.07, 6.45) is 0. The Hall–Kier alpha value is -0.170. The highest BCUT2D eigenvalue weighted by atomic mass is 32.2. The van der Waals surface area contributed by atoms with Crippen molar-refractivity contribution in [2.75, 3.05) is 19.6 Å². The summed E-state index contributed by atoms with van der Waals surface area (Å²) in [5.41, 5.74) is -0.845. The van der Waals surface area contributed by atoms with Gasteiger partial charge >= 0.3 is 0 Å². The van der Waals surface area contributed by atoms with E-state index in [9.17, 15) is 13.5 Å². The van der Waals surface area contributed by atoms with Crippen molar-refractivity contribution in [2.24, 2.45) is 5.92 Å². The maximum absolute atomic E-state index is 11.4. The van der Waals surface area contributed by atoms with Crippen LogP contribution in [0.1, 0.15) is 20.8 Å². The quantitative estimate of drug-likeness (QED) is 0.676. The molecule has 0 saturated carbocycles. The molecular formula is C8H18N2O3S. The van der Waals surface area contributed by atoms with Crippen LogP contribution in [-0.2, 0) is 10.2 Å². The third-order valence-corrected chi connectivity index (χ3v) is 4.23. The van der Waals surface area contributed by atoms with Crippen LogP contribution in [-0.4, -0.2) is 43.1 Å². The van der Waals surface area contributed by atoms with Gasteiger partial charge in [-0.05, 0) is 5.92 Å². The van der Waals surface area contributed by atoms with E-state index in [4.69, 9.17) is 0 Å². The van der Waals surface area contributed by atoms with Gasteiger partial charge in [-0.2, -0.15) is 12.7 Å². The number of hydrogen-bond acceptors (Lipinski definition) is 3. The van der Waals surface area contributed by atoms with Gasteiger partial charge in [0.2, 0.25) is 0 Å². The number of aliphatic hydroxyl groups is 1. The molecule has 1 rings (SSSR count). The molecule has 0 radical (unpaired) electrons. The number of nitrogens with one attached hydrogen (secondary N) is 1. The summed E-state index contributed by atoms with van der Waals surface area (Å²) >= 11 is 0. The van der Waals surface area contributed by atoms with E-state index in [-0.39, 0.29) is 19.0 Å². The zero-order valence-electron chi connectivity index (χ0n) is 8.82. The van der Waals surface area contributed by atoms with Gasteiger partial charge in [0.15, 0.2) is 0 Å². The smallest absolute Gasteiger partial charge is 0.279 e. The van der Waals surface area contributed by atoms with Crippen LogP contribution in [0.15, 0.2) is 0 Å². The van der Waals surface area contributed by atoms with E-state index in [0.717, 1.165) is 0 Å². The highest BCUT2D eigenvalue weighted by Gasteiger charge is 2.48. The summed E-state index contributed by atoms with van der Waals surface area (Å²) in [5.74, 6) is 0.0792. The van der Waals surface area contributed by atoms with Crippen LogP contribution in [0.3, 0.4) is 0 Å². The Morgan fingerprint density at radius 3 is 2.36 bits per heavy atom. The van der Waals surface area contributed by atoms with Crippen molar-refractivity contribution < 1.29 is 13.5 Å². The maximum Gasteiger partial charge on any atom is 0.279 e. The molecule has 0 spiro atoms. The average molecular weight is 222 g/mol. The fourth-order valence-corrected chi connectivity index (χ4v) is 2.71. The monoisotopic (exact) mass is 222 g/mol. The van der Waals surface area contributed by atoms with E-state index in [1.54, 1.807) is 6.92 Å². The normalized spacial score (nSPS) is 22.4. The molecule has 1 fully saturated rings. The van der Waals surface area contributed by atoms with E-state index < -0.39 is 15.8 Å². The Bertz CT molecular complexity index is 294. The first-order valence-electron chi connectivity index (χ1n) is 4.79. The average Bonchev–Trinajstić information content (AvgIpc) is 1.97. The second-order valence-electron chi connectivity index (χ2n) is 4.03. The lowest BCUT2D eigenvalue weighted by atomic mass is 9.85. The molecule has 0 aliphatic carbocycles. The first-order chi connectivity index (χ1) is 6.32. The fraction of sp³-hybridized carbons (Fsp3) is 1.00. The lowest BCUT2D eigenvalue weighted by molar-refractivity contribution is -0.0936. The first-order valence-corrected chi connectivity index (χ1v) is 6.23. The van der Waals surface area contributed by atoms with E-state index in [0.29, 0.717) is 6.54 Å². The molecule has 0 amide bonds. The van der Waals surface area contributed by atoms with Crippen LogP contribution in [0.5, 0.6) is 0 Å². The minimum atomic E-state index is -3.35. The van der Waals surface area contributed by atoms with Gasteiger partial charge in [-0.25, -0.2) is 4.72 Å². The lowest BCUT2D eigenvalue weighted by Crippen LogP contribution is -2.67. The van der Waals surface area contributed by atoms with Gasteiger partial charge in [-0.3, -0.25) is 0 Å². The molecule has 0 aromatic rings. The SMILES string of the molecule is CCNS(=O)(=O)N1CC(O)(C(C)C)C1. The predicted molar refractivity (Wildman–Crippen MR) is 54.0 cm³/mol. The summed E-state index contributed by atoms with van der Waals surface area (Å²) in [7, 11) is -3.35. The molecule has 0 atom stereocenters. The third-order valence-electron chi connectivity index (χ3n) is 2.64. The van der Waals surface area contributed by atoms with Gasteiger partial charge in [-0.1, -0.05) is 20.8 Å². The van der Waals surface area contributed by atoms with Crippen molar-refractivity contribution in [3.05, 3.63) is 0 Å². The summed E-state index contributed by atoms with van der Waals surface area (Å²) in [6.45, 7) is 6.26. The largest absolute Gasteiger partial charge is 0.387 e. The Morgan fingerprint density at radius 1 is 1.50 bits per heavy atom. The molecule has 1 heterocycles. The molecule has 14 heavy (non-hydrogen) atoms. The fourth-order valence-electron chi connectivity index (χ4n) is 1.37. The zero-order valence-corrected chi connectivity index (χ0v) is 9.63. The second-order valence-corrected chi connectivity index (χ2v) is 5.78. The van der Waals surface area contributed by atoms with E-state index in [2.05, 4.69) is 4.72 Å². The van der Waals surface area contributed by atoms with Crippen LogP contribution < -0.4 is 4.72 Å². The highest BCUT2D eigenvalue weighted by molar-refractivity contribution is 7.87. The molecule has 0 bridgehead atoms. The second kappa shape index (κ2) is 3.77. The standard InChI is InChI=1S/C8H18N2O3S/c1-4-9-14(12,13)10-5-8(11,6-10)7(2)3/h7,9,11H,4-6H2,1-3H3. The van der Waals surface area contributed by atoms with Crippen molar-refractivity contribution in [1.82, 2.24) is 9.03 Å². The Kier molecular flexibility index (Phi) is 3.20. The van der Waals surface area contributed by atoms with E-state index in [1.807, 2.05) is 13.8 Å². The van der Waals surface area contributed by atoms with Gasteiger partial charge < -0.3 is 5.11 Å². The number of β-amino-alcohol motifs (C(OH)–C–C–N with tert-alkyl or cyclic N) is 1. The molecule has 1 aliphatic heterocycles. The van der Waals surface area contributed by atoms with Crippen molar-refractivity contribution >= 4 is 10.2 Å². The maximum atomic E-state index is 11.4. The number of rotatable bonds is 4. The van der Waals surface area contributed by atoms with Gasteiger partial charge in [0.1, 0.15) is 0 Å². The zero-order chi connectivity index (χ0) is 11.0. The molecule has 2 N–H and O–H groups in total. The van der Waals surface area contributed by atoms with Gasteiger partial charge in [-0.15, -0.1) is 0 Å². The Labute approximate surface area is 85.3 Å².